The van der Waals surface area contributed by atoms with E-state index in [1.807, 2.05) is 0 Å². The molecule has 1 saturated carbocycles. The minimum Gasteiger partial charge on any atom is -0.378 e. The van der Waals surface area contributed by atoms with Crippen LogP contribution in [-0.2, 0) is 14.3 Å². The van der Waals surface area contributed by atoms with E-state index in [9.17, 15) is 4.79 Å². The highest BCUT2D eigenvalue weighted by molar-refractivity contribution is 5.76. The zero-order chi connectivity index (χ0) is 14.2. The predicted molar refractivity (Wildman–Crippen MR) is 78.7 cm³/mol. The van der Waals surface area contributed by atoms with Crippen molar-refractivity contribution in [3.63, 3.8) is 0 Å². The van der Waals surface area contributed by atoms with Crippen molar-refractivity contribution in [3.8, 4) is 0 Å². The predicted octanol–water partition coefficient (Wildman–Crippen LogP) is 2.75. The van der Waals surface area contributed by atoms with Gasteiger partial charge in [-0.25, -0.2) is 0 Å². The van der Waals surface area contributed by atoms with Crippen LogP contribution in [0.15, 0.2) is 0 Å². The summed E-state index contributed by atoms with van der Waals surface area (Å²) in [4.78, 5) is 14.3. The van der Waals surface area contributed by atoms with Crippen molar-refractivity contribution in [1.29, 1.82) is 0 Å². The molecular formula is C16H29NO3. The van der Waals surface area contributed by atoms with Crippen LogP contribution in [0.2, 0.25) is 0 Å². The summed E-state index contributed by atoms with van der Waals surface area (Å²) < 4.78 is 11.1. The lowest BCUT2D eigenvalue weighted by atomic mass is 9.94. The minimum absolute atomic E-state index is 0.255. The third-order valence-electron chi connectivity index (χ3n) is 4.46. The van der Waals surface area contributed by atoms with Gasteiger partial charge in [-0.15, -0.1) is 0 Å². The van der Waals surface area contributed by atoms with Crippen molar-refractivity contribution in [1.82, 2.24) is 4.90 Å². The van der Waals surface area contributed by atoms with Gasteiger partial charge in [-0.05, 0) is 32.6 Å². The second-order valence-corrected chi connectivity index (χ2v) is 5.93. The van der Waals surface area contributed by atoms with Crippen LogP contribution in [0.3, 0.4) is 0 Å². The fourth-order valence-corrected chi connectivity index (χ4v) is 3.32. The maximum absolute atomic E-state index is 12.3. The Hall–Kier alpha value is -0.610. The molecule has 20 heavy (non-hydrogen) atoms. The molecule has 0 radical (unpaired) electrons. The largest absolute Gasteiger partial charge is 0.378 e. The number of carbonyl (C=O) groups is 1. The lowest BCUT2D eigenvalue weighted by molar-refractivity contribution is -0.135. The average molecular weight is 283 g/mol. The summed E-state index contributed by atoms with van der Waals surface area (Å²) in [5, 5.41) is 0. The number of amides is 1. The summed E-state index contributed by atoms with van der Waals surface area (Å²) >= 11 is 0. The quantitative estimate of drug-likeness (QED) is 0.674. The third kappa shape index (κ3) is 4.74. The van der Waals surface area contributed by atoms with Gasteiger partial charge in [-0.3, -0.25) is 4.79 Å². The van der Waals surface area contributed by atoms with E-state index in [1.54, 1.807) is 0 Å². The van der Waals surface area contributed by atoms with Crippen LogP contribution < -0.4 is 0 Å². The molecule has 0 aromatic heterocycles. The zero-order valence-corrected chi connectivity index (χ0v) is 12.8. The van der Waals surface area contributed by atoms with Crippen LogP contribution in [-0.4, -0.2) is 49.3 Å². The topological polar surface area (TPSA) is 38.8 Å². The maximum Gasteiger partial charge on any atom is 0.225 e. The first-order valence-corrected chi connectivity index (χ1v) is 8.30. The van der Waals surface area contributed by atoms with E-state index in [0.717, 1.165) is 26.0 Å². The summed E-state index contributed by atoms with van der Waals surface area (Å²) in [6.07, 6.45) is 9.21. The molecule has 0 aromatic rings. The average Bonchev–Trinajstić information content (AvgIpc) is 2.99. The second kappa shape index (κ2) is 8.63. The van der Waals surface area contributed by atoms with Gasteiger partial charge in [0.1, 0.15) is 0 Å². The van der Waals surface area contributed by atoms with E-state index in [2.05, 4.69) is 11.8 Å². The van der Waals surface area contributed by atoms with Crippen molar-refractivity contribution in [2.24, 2.45) is 0 Å². The Morgan fingerprint density at radius 3 is 2.65 bits per heavy atom. The van der Waals surface area contributed by atoms with Crippen LogP contribution in [0, 0.1) is 0 Å². The monoisotopic (exact) mass is 283 g/mol. The standard InChI is InChI=1S/C16H29NO3/c1-2-17(14-7-4-3-5-8-14)16(18)10-12-19-13-15-9-6-11-20-15/h14-15H,2-13H2,1H3. The van der Waals surface area contributed by atoms with Gasteiger partial charge in [0.2, 0.25) is 5.91 Å². The summed E-state index contributed by atoms with van der Waals surface area (Å²) in [5.74, 6) is 0.256. The first kappa shape index (κ1) is 15.8. The number of carbonyl (C=O) groups excluding carboxylic acids is 1. The van der Waals surface area contributed by atoms with E-state index in [4.69, 9.17) is 9.47 Å². The molecule has 1 aliphatic carbocycles. The normalized spacial score (nSPS) is 23.9. The third-order valence-corrected chi connectivity index (χ3v) is 4.46. The molecule has 1 heterocycles. The van der Waals surface area contributed by atoms with Gasteiger partial charge in [0.15, 0.2) is 0 Å². The smallest absolute Gasteiger partial charge is 0.225 e. The molecule has 116 valence electrons. The molecule has 1 amide bonds. The highest BCUT2D eigenvalue weighted by atomic mass is 16.5. The Kier molecular flexibility index (Phi) is 6.80. The Morgan fingerprint density at radius 1 is 1.20 bits per heavy atom. The molecule has 2 rings (SSSR count). The summed E-state index contributed by atoms with van der Waals surface area (Å²) in [5.41, 5.74) is 0. The van der Waals surface area contributed by atoms with Crippen molar-refractivity contribution >= 4 is 5.91 Å². The van der Waals surface area contributed by atoms with Gasteiger partial charge >= 0.3 is 0 Å². The highest BCUT2D eigenvalue weighted by Gasteiger charge is 2.23. The van der Waals surface area contributed by atoms with Gasteiger partial charge in [0.25, 0.3) is 0 Å². The Bertz CT molecular complexity index is 283. The van der Waals surface area contributed by atoms with E-state index in [-0.39, 0.29) is 12.0 Å². The maximum atomic E-state index is 12.3. The molecule has 0 bridgehead atoms. The van der Waals surface area contributed by atoms with E-state index < -0.39 is 0 Å². The van der Waals surface area contributed by atoms with Crippen LogP contribution in [0.25, 0.3) is 0 Å². The molecule has 0 aromatic carbocycles. The van der Waals surface area contributed by atoms with Crippen LogP contribution in [0.4, 0.5) is 0 Å². The summed E-state index contributed by atoms with van der Waals surface area (Å²) in [6.45, 7) is 4.94. The van der Waals surface area contributed by atoms with Crippen molar-refractivity contribution < 1.29 is 14.3 Å². The Labute approximate surface area is 122 Å². The SMILES string of the molecule is CCN(C(=O)CCOCC1CCCO1)C1CCCCC1. The van der Waals surface area contributed by atoms with Crippen molar-refractivity contribution in [2.45, 2.75) is 70.4 Å². The lowest BCUT2D eigenvalue weighted by Gasteiger charge is -2.33. The van der Waals surface area contributed by atoms with Gasteiger partial charge < -0.3 is 14.4 Å². The lowest BCUT2D eigenvalue weighted by Crippen LogP contribution is -2.41. The number of rotatable bonds is 7. The number of hydrogen-bond donors (Lipinski definition) is 0. The molecule has 2 aliphatic rings. The molecule has 4 heteroatoms. The van der Waals surface area contributed by atoms with Crippen LogP contribution in [0.5, 0.6) is 0 Å². The molecule has 1 saturated heterocycles. The molecule has 0 spiro atoms. The molecular weight excluding hydrogens is 254 g/mol. The van der Waals surface area contributed by atoms with Crippen LogP contribution in [0.1, 0.15) is 58.3 Å². The molecule has 4 nitrogen and oxygen atoms in total. The number of ether oxygens (including phenoxy) is 2. The van der Waals surface area contributed by atoms with Gasteiger partial charge in [-0.1, -0.05) is 19.3 Å². The fourth-order valence-electron chi connectivity index (χ4n) is 3.32. The highest BCUT2D eigenvalue weighted by Crippen LogP contribution is 2.23. The second-order valence-electron chi connectivity index (χ2n) is 5.93. The molecule has 2 fully saturated rings. The van der Waals surface area contributed by atoms with Crippen molar-refractivity contribution in [3.05, 3.63) is 0 Å². The first-order chi connectivity index (χ1) is 9.81. The van der Waals surface area contributed by atoms with E-state index in [1.165, 1.54) is 32.1 Å². The van der Waals surface area contributed by atoms with Gasteiger partial charge in [0.05, 0.1) is 25.7 Å². The first-order valence-electron chi connectivity index (χ1n) is 8.30. The summed E-state index contributed by atoms with van der Waals surface area (Å²) in [6, 6.07) is 0.472. The molecule has 1 unspecified atom stereocenters. The Balaban J connectivity index is 1.63. The molecule has 0 N–H and O–H groups in total. The van der Waals surface area contributed by atoms with E-state index in [0.29, 0.717) is 25.7 Å². The molecule has 1 aliphatic heterocycles. The fraction of sp³-hybridized carbons (Fsp3) is 0.938. The number of hydrogen-bond acceptors (Lipinski definition) is 3. The molecule has 1 atom stereocenters. The Morgan fingerprint density at radius 2 is 2.00 bits per heavy atom. The van der Waals surface area contributed by atoms with Crippen molar-refractivity contribution in [2.75, 3.05) is 26.4 Å². The van der Waals surface area contributed by atoms with E-state index >= 15 is 0 Å². The van der Waals surface area contributed by atoms with Gasteiger partial charge in [0, 0.05) is 19.2 Å². The number of nitrogens with zero attached hydrogens (tertiary/aromatic N) is 1. The van der Waals surface area contributed by atoms with Crippen LogP contribution >= 0.6 is 0 Å². The minimum atomic E-state index is 0.255. The van der Waals surface area contributed by atoms with Gasteiger partial charge in [-0.2, -0.15) is 0 Å². The zero-order valence-electron chi connectivity index (χ0n) is 12.8. The summed E-state index contributed by atoms with van der Waals surface area (Å²) in [7, 11) is 0.